The van der Waals surface area contributed by atoms with Gasteiger partial charge in [0.25, 0.3) is 0 Å². The maximum Gasteiger partial charge on any atom is 0.226 e. The van der Waals surface area contributed by atoms with E-state index < -0.39 is 0 Å². The highest BCUT2D eigenvalue weighted by Crippen LogP contribution is 2.60. The molecule has 1 aromatic carbocycles. The maximum atomic E-state index is 13.0. The SMILES string of the molecule is COc1cccc(CNC(=O)C23CC4CC(CC(C4)C2)C3)c1OC. The van der Waals surface area contributed by atoms with Gasteiger partial charge in [0, 0.05) is 17.5 Å². The third-order valence-electron chi connectivity index (χ3n) is 6.44. The normalized spacial score (nSPS) is 33.3. The van der Waals surface area contributed by atoms with Crippen molar-refractivity contribution in [2.75, 3.05) is 14.2 Å². The predicted octanol–water partition coefficient (Wildman–Crippen LogP) is 3.54. The summed E-state index contributed by atoms with van der Waals surface area (Å²) in [6, 6.07) is 5.80. The van der Waals surface area contributed by atoms with E-state index in [4.69, 9.17) is 9.47 Å². The largest absolute Gasteiger partial charge is 0.493 e. The molecule has 0 radical (unpaired) electrons. The molecule has 0 unspecified atom stereocenters. The second kappa shape index (κ2) is 5.98. The van der Waals surface area contributed by atoms with Crippen LogP contribution in [0.3, 0.4) is 0 Å². The van der Waals surface area contributed by atoms with Gasteiger partial charge >= 0.3 is 0 Å². The first-order chi connectivity index (χ1) is 11.6. The van der Waals surface area contributed by atoms with Gasteiger partial charge in [-0.15, -0.1) is 0 Å². The van der Waals surface area contributed by atoms with E-state index in [1.54, 1.807) is 14.2 Å². The van der Waals surface area contributed by atoms with Crippen molar-refractivity contribution in [3.8, 4) is 11.5 Å². The minimum atomic E-state index is -0.0964. The van der Waals surface area contributed by atoms with Crippen LogP contribution < -0.4 is 14.8 Å². The Labute approximate surface area is 143 Å². The second-order valence-electron chi connectivity index (χ2n) is 8.03. The number of carbonyl (C=O) groups excluding carboxylic acids is 1. The van der Waals surface area contributed by atoms with Crippen LogP contribution in [0.4, 0.5) is 0 Å². The fourth-order valence-corrected chi connectivity index (χ4v) is 5.84. The van der Waals surface area contributed by atoms with Gasteiger partial charge in [0.1, 0.15) is 0 Å². The molecule has 4 aliphatic carbocycles. The number of ether oxygens (including phenoxy) is 2. The van der Waals surface area contributed by atoms with Crippen molar-refractivity contribution in [2.24, 2.45) is 23.2 Å². The van der Waals surface area contributed by atoms with Gasteiger partial charge in [0.15, 0.2) is 11.5 Å². The second-order valence-corrected chi connectivity index (χ2v) is 8.03. The summed E-state index contributed by atoms with van der Waals surface area (Å²) in [5, 5.41) is 3.21. The number of nitrogens with one attached hydrogen (secondary N) is 1. The van der Waals surface area contributed by atoms with Crippen LogP contribution in [-0.2, 0) is 11.3 Å². The van der Waals surface area contributed by atoms with Gasteiger partial charge in [-0.1, -0.05) is 12.1 Å². The van der Waals surface area contributed by atoms with Crippen LogP contribution in [0.2, 0.25) is 0 Å². The molecule has 4 nitrogen and oxygen atoms in total. The average molecular weight is 329 g/mol. The van der Waals surface area contributed by atoms with E-state index >= 15 is 0 Å². The Balaban J connectivity index is 1.48. The average Bonchev–Trinajstić information content (AvgIpc) is 2.57. The van der Waals surface area contributed by atoms with Crippen molar-refractivity contribution in [2.45, 2.75) is 45.1 Å². The number of amides is 1. The van der Waals surface area contributed by atoms with E-state index in [9.17, 15) is 4.79 Å². The summed E-state index contributed by atoms with van der Waals surface area (Å²) in [5.41, 5.74) is 0.871. The van der Waals surface area contributed by atoms with Crippen molar-refractivity contribution in [3.63, 3.8) is 0 Å². The summed E-state index contributed by atoms with van der Waals surface area (Å²) in [7, 11) is 3.28. The van der Waals surface area contributed by atoms with Gasteiger partial charge in [0.05, 0.1) is 14.2 Å². The zero-order valence-electron chi connectivity index (χ0n) is 14.6. The minimum absolute atomic E-state index is 0.0964. The van der Waals surface area contributed by atoms with E-state index in [1.807, 2.05) is 18.2 Å². The van der Waals surface area contributed by atoms with Crippen molar-refractivity contribution in [3.05, 3.63) is 23.8 Å². The summed E-state index contributed by atoms with van der Waals surface area (Å²) in [5.74, 6) is 4.03. The van der Waals surface area contributed by atoms with Crippen LogP contribution in [0.15, 0.2) is 18.2 Å². The molecule has 4 fully saturated rings. The van der Waals surface area contributed by atoms with Crippen molar-refractivity contribution in [1.29, 1.82) is 0 Å². The van der Waals surface area contributed by atoms with Gasteiger partial charge in [-0.05, 0) is 62.3 Å². The Hall–Kier alpha value is -1.71. The molecule has 4 bridgehead atoms. The van der Waals surface area contributed by atoms with Crippen molar-refractivity contribution >= 4 is 5.91 Å². The van der Waals surface area contributed by atoms with Crippen LogP contribution in [0.25, 0.3) is 0 Å². The van der Waals surface area contributed by atoms with Gasteiger partial charge in [0.2, 0.25) is 5.91 Å². The number of hydrogen-bond acceptors (Lipinski definition) is 3. The Kier molecular flexibility index (Phi) is 3.93. The van der Waals surface area contributed by atoms with E-state index in [0.717, 1.165) is 42.6 Å². The lowest BCUT2D eigenvalue weighted by molar-refractivity contribution is -0.146. The molecule has 1 N–H and O–H groups in total. The Morgan fingerprint density at radius 1 is 1.08 bits per heavy atom. The number of methoxy groups -OCH3 is 2. The molecule has 0 saturated heterocycles. The Morgan fingerprint density at radius 3 is 2.25 bits per heavy atom. The lowest BCUT2D eigenvalue weighted by atomic mass is 9.49. The molecular formula is C20H27NO3. The zero-order valence-corrected chi connectivity index (χ0v) is 14.6. The smallest absolute Gasteiger partial charge is 0.226 e. The van der Waals surface area contributed by atoms with Crippen LogP contribution in [0.1, 0.15) is 44.1 Å². The summed E-state index contributed by atoms with van der Waals surface area (Å²) in [6.07, 6.45) is 7.36. The van der Waals surface area contributed by atoms with E-state index in [2.05, 4.69) is 5.32 Å². The Morgan fingerprint density at radius 2 is 1.71 bits per heavy atom. The number of carbonyl (C=O) groups is 1. The first-order valence-corrected chi connectivity index (χ1v) is 9.11. The van der Waals surface area contributed by atoms with Crippen molar-refractivity contribution in [1.82, 2.24) is 5.32 Å². The van der Waals surface area contributed by atoms with Gasteiger partial charge in [-0.3, -0.25) is 4.79 Å². The monoisotopic (exact) mass is 329 g/mol. The minimum Gasteiger partial charge on any atom is -0.493 e. The maximum absolute atomic E-state index is 13.0. The van der Waals surface area contributed by atoms with Crippen LogP contribution >= 0.6 is 0 Å². The highest BCUT2D eigenvalue weighted by molar-refractivity contribution is 5.83. The number of benzene rings is 1. The van der Waals surface area contributed by atoms with Gasteiger partial charge in [-0.25, -0.2) is 0 Å². The molecule has 0 spiro atoms. The lowest BCUT2D eigenvalue weighted by Gasteiger charge is -2.55. The molecule has 0 aromatic heterocycles. The topological polar surface area (TPSA) is 47.6 Å². The molecule has 1 aromatic rings. The molecular weight excluding hydrogens is 302 g/mol. The lowest BCUT2D eigenvalue weighted by Crippen LogP contribution is -2.53. The van der Waals surface area contributed by atoms with Crippen LogP contribution in [0.5, 0.6) is 11.5 Å². The molecule has 0 heterocycles. The third-order valence-corrected chi connectivity index (χ3v) is 6.44. The molecule has 0 aliphatic heterocycles. The number of para-hydroxylation sites is 1. The first-order valence-electron chi connectivity index (χ1n) is 9.11. The van der Waals surface area contributed by atoms with Crippen LogP contribution in [0, 0.1) is 23.2 Å². The van der Waals surface area contributed by atoms with E-state index in [-0.39, 0.29) is 11.3 Å². The highest BCUT2D eigenvalue weighted by atomic mass is 16.5. The van der Waals surface area contributed by atoms with Crippen LogP contribution in [-0.4, -0.2) is 20.1 Å². The van der Waals surface area contributed by atoms with E-state index in [0.29, 0.717) is 18.0 Å². The number of hydrogen-bond donors (Lipinski definition) is 1. The summed E-state index contributed by atoms with van der Waals surface area (Å²) in [6.45, 7) is 0.501. The molecule has 1 amide bonds. The summed E-state index contributed by atoms with van der Waals surface area (Å²) >= 11 is 0. The first kappa shape index (κ1) is 15.8. The van der Waals surface area contributed by atoms with Gasteiger partial charge in [-0.2, -0.15) is 0 Å². The zero-order chi connectivity index (χ0) is 16.7. The van der Waals surface area contributed by atoms with E-state index in [1.165, 1.54) is 19.3 Å². The Bertz CT molecular complexity index is 604. The fraction of sp³-hybridized carbons (Fsp3) is 0.650. The molecule has 24 heavy (non-hydrogen) atoms. The molecule has 0 atom stereocenters. The molecule has 130 valence electrons. The third kappa shape index (κ3) is 2.56. The standard InChI is InChI=1S/C20H27NO3/c1-23-17-5-3-4-16(18(17)24-2)12-21-19(22)20-9-13-6-14(10-20)8-15(7-13)11-20/h3-5,13-15H,6-12H2,1-2H3,(H,21,22). The molecule has 5 rings (SSSR count). The van der Waals surface area contributed by atoms with Crippen molar-refractivity contribution < 1.29 is 14.3 Å². The summed E-state index contributed by atoms with van der Waals surface area (Å²) in [4.78, 5) is 13.0. The number of rotatable bonds is 5. The molecule has 4 saturated carbocycles. The predicted molar refractivity (Wildman–Crippen MR) is 92.0 cm³/mol. The fourth-order valence-electron chi connectivity index (χ4n) is 5.84. The molecule has 4 aliphatic rings. The van der Waals surface area contributed by atoms with Gasteiger partial charge < -0.3 is 14.8 Å². The summed E-state index contributed by atoms with van der Waals surface area (Å²) < 4.78 is 10.8. The molecule has 4 heteroatoms. The quantitative estimate of drug-likeness (QED) is 0.899. The highest BCUT2D eigenvalue weighted by Gasteiger charge is 2.54.